The van der Waals surface area contributed by atoms with E-state index in [4.69, 9.17) is 9.47 Å². The first-order valence-corrected chi connectivity index (χ1v) is 7.62. The summed E-state index contributed by atoms with van der Waals surface area (Å²) in [7, 11) is 3.60. The van der Waals surface area contributed by atoms with Crippen molar-refractivity contribution in [2.75, 3.05) is 14.2 Å². The van der Waals surface area contributed by atoms with Crippen LogP contribution in [0.15, 0.2) is 40.9 Å². The molecule has 0 fully saturated rings. The minimum Gasteiger partial charge on any atom is -0.497 e. The first-order chi connectivity index (χ1) is 10.1. The van der Waals surface area contributed by atoms with Gasteiger partial charge in [-0.25, -0.2) is 0 Å². The van der Waals surface area contributed by atoms with Crippen LogP contribution in [-0.2, 0) is 13.2 Å². The molecule has 0 atom stereocenters. The number of methoxy groups -OCH3 is 1. The zero-order chi connectivity index (χ0) is 15.2. The molecule has 0 radical (unpaired) electrons. The van der Waals surface area contributed by atoms with Gasteiger partial charge in [0.1, 0.15) is 18.1 Å². The van der Waals surface area contributed by atoms with E-state index in [1.807, 2.05) is 31.3 Å². The molecule has 0 saturated heterocycles. The van der Waals surface area contributed by atoms with Crippen molar-refractivity contribution >= 4 is 15.9 Å². The quantitative estimate of drug-likeness (QED) is 0.852. The van der Waals surface area contributed by atoms with Crippen molar-refractivity contribution in [3.8, 4) is 11.5 Å². The zero-order valence-electron chi connectivity index (χ0n) is 12.6. The Bertz CT molecular complexity index is 614. The van der Waals surface area contributed by atoms with Gasteiger partial charge in [-0.3, -0.25) is 0 Å². The van der Waals surface area contributed by atoms with Crippen LogP contribution in [0.1, 0.15) is 16.7 Å². The van der Waals surface area contributed by atoms with E-state index in [0.29, 0.717) is 6.61 Å². The molecule has 0 spiro atoms. The van der Waals surface area contributed by atoms with Crippen LogP contribution in [-0.4, -0.2) is 14.2 Å². The van der Waals surface area contributed by atoms with Crippen molar-refractivity contribution in [2.24, 2.45) is 0 Å². The average Bonchev–Trinajstić information content (AvgIpc) is 2.48. The number of halogens is 1. The molecule has 4 heteroatoms. The maximum atomic E-state index is 5.99. The number of hydrogen-bond donors (Lipinski definition) is 1. The predicted molar refractivity (Wildman–Crippen MR) is 89.0 cm³/mol. The minimum absolute atomic E-state index is 0.498. The summed E-state index contributed by atoms with van der Waals surface area (Å²) in [6.45, 7) is 3.37. The third-order valence-electron chi connectivity index (χ3n) is 3.22. The third kappa shape index (κ3) is 4.22. The fourth-order valence-corrected chi connectivity index (χ4v) is 2.48. The van der Waals surface area contributed by atoms with Crippen LogP contribution in [0.5, 0.6) is 11.5 Å². The predicted octanol–water partition coefficient (Wildman–Crippen LogP) is 4.06. The highest BCUT2D eigenvalue weighted by Gasteiger charge is 2.07. The molecule has 21 heavy (non-hydrogen) atoms. The van der Waals surface area contributed by atoms with E-state index < -0.39 is 0 Å². The molecule has 0 saturated carbocycles. The Hall–Kier alpha value is -1.52. The van der Waals surface area contributed by atoms with Crippen LogP contribution in [0.4, 0.5) is 0 Å². The SMILES string of the molecule is CNCc1cc(C)ccc1OCc1cc(OC)ccc1Br. The van der Waals surface area contributed by atoms with Crippen LogP contribution in [0.25, 0.3) is 0 Å². The highest BCUT2D eigenvalue weighted by Crippen LogP contribution is 2.26. The van der Waals surface area contributed by atoms with Crippen molar-refractivity contribution in [3.05, 3.63) is 57.6 Å². The monoisotopic (exact) mass is 349 g/mol. The number of benzene rings is 2. The van der Waals surface area contributed by atoms with Gasteiger partial charge < -0.3 is 14.8 Å². The standard InChI is InChI=1S/C17H20BrNO2/c1-12-4-7-17(13(8-12)10-19-2)21-11-14-9-15(20-3)5-6-16(14)18/h4-9,19H,10-11H2,1-3H3. The van der Waals surface area contributed by atoms with Crippen LogP contribution >= 0.6 is 15.9 Å². The maximum Gasteiger partial charge on any atom is 0.124 e. The largest absolute Gasteiger partial charge is 0.497 e. The number of rotatable bonds is 6. The molecular weight excluding hydrogens is 330 g/mol. The topological polar surface area (TPSA) is 30.5 Å². The third-order valence-corrected chi connectivity index (χ3v) is 3.99. The molecule has 0 aliphatic carbocycles. The number of nitrogens with one attached hydrogen (secondary N) is 1. The lowest BCUT2D eigenvalue weighted by atomic mass is 10.1. The first kappa shape index (κ1) is 15.9. The second kappa shape index (κ2) is 7.48. The van der Waals surface area contributed by atoms with E-state index >= 15 is 0 Å². The molecule has 0 bridgehead atoms. The van der Waals surface area contributed by atoms with Crippen LogP contribution in [0, 0.1) is 6.92 Å². The summed E-state index contributed by atoms with van der Waals surface area (Å²) in [5, 5.41) is 3.17. The van der Waals surface area contributed by atoms with Gasteiger partial charge in [0.2, 0.25) is 0 Å². The van der Waals surface area contributed by atoms with Gasteiger partial charge >= 0.3 is 0 Å². The van der Waals surface area contributed by atoms with Gasteiger partial charge in [0.25, 0.3) is 0 Å². The summed E-state index contributed by atoms with van der Waals surface area (Å²) in [6.07, 6.45) is 0. The van der Waals surface area contributed by atoms with Gasteiger partial charge in [-0.1, -0.05) is 33.6 Å². The molecule has 0 aliphatic heterocycles. The smallest absolute Gasteiger partial charge is 0.124 e. The highest BCUT2D eigenvalue weighted by molar-refractivity contribution is 9.10. The van der Waals surface area contributed by atoms with Gasteiger partial charge in [0.05, 0.1) is 7.11 Å². The summed E-state index contributed by atoms with van der Waals surface area (Å²) in [6, 6.07) is 12.1. The molecule has 3 nitrogen and oxygen atoms in total. The van der Waals surface area contributed by atoms with Gasteiger partial charge in [0.15, 0.2) is 0 Å². The Labute approximate surface area is 134 Å². The van der Waals surface area contributed by atoms with Crippen LogP contribution < -0.4 is 14.8 Å². The lowest BCUT2D eigenvalue weighted by Gasteiger charge is -2.13. The molecule has 0 unspecified atom stereocenters. The van der Waals surface area contributed by atoms with E-state index in [1.165, 1.54) is 5.56 Å². The normalized spacial score (nSPS) is 10.5. The molecule has 0 amide bonds. The van der Waals surface area contributed by atoms with Crippen molar-refractivity contribution in [1.82, 2.24) is 5.32 Å². The molecule has 112 valence electrons. The van der Waals surface area contributed by atoms with Crippen molar-refractivity contribution in [2.45, 2.75) is 20.1 Å². The Kier molecular flexibility index (Phi) is 5.65. The summed E-state index contributed by atoms with van der Waals surface area (Å²) >= 11 is 3.55. The Morgan fingerprint density at radius 1 is 1.10 bits per heavy atom. The van der Waals surface area contributed by atoms with Gasteiger partial charge in [0, 0.05) is 22.1 Å². The van der Waals surface area contributed by atoms with E-state index in [9.17, 15) is 0 Å². The maximum absolute atomic E-state index is 5.99. The molecule has 0 aliphatic rings. The number of aryl methyl sites for hydroxylation is 1. The average molecular weight is 350 g/mol. The second-order valence-electron chi connectivity index (χ2n) is 4.89. The first-order valence-electron chi connectivity index (χ1n) is 6.83. The highest BCUT2D eigenvalue weighted by atomic mass is 79.9. The molecule has 2 aromatic carbocycles. The number of ether oxygens (including phenoxy) is 2. The van der Waals surface area contributed by atoms with E-state index in [1.54, 1.807) is 7.11 Å². The van der Waals surface area contributed by atoms with Gasteiger partial charge in [-0.05, 0) is 38.2 Å². The lowest BCUT2D eigenvalue weighted by molar-refractivity contribution is 0.300. The molecule has 2 rings (SSSR count). The van der Waals surface area contributed by atoms with Crippen molar-refractivity contribution in [1.29, 1.82) is 0 Å². The Morgan fingerprint density at radius 2 is 1.90 bits per heavy atom. The van der Waals surface area contributed by atoms with E-state index in [-0.39, 0.29) is 0 Å². The fraction of sp³-hybridized carbons (Fsp3) is 0.294. The Morgan fingerprint density at radius 3 is 2.62 bits per heavy atom. The van der Waals surface area contributed by atoms with Gasteiger partial charge in [-0.15, -0.1) is 0 Å². The molecular formula is C17H20BrNO2. The summed E-state index contributed by atoms with van der Waals surface area (Å²) in [5.74, 6) is 1.74. The minimum atomic E-state index is 0.498. The second-order valence-corrected chi connectivity index (χ2v) is 5.74. The van der Waals surface area contributed by atoms with Crippen LogP contribution in [0.2, 0.25) is 0 Å². The summed E-state index contributed by atoms with van der Waals surface area (Å²) in [4.78, 5) is 0. The van der Waals surface area contributed by atoms with Crippen molar-refractivity contribution < 1.29 is 9.47 Å². The Balaban J connectivity index is 2.16. The lowest BCUT2D eigenvalue weighted by Crippen LogP contribution is -2.08. The zero-order valence-corrected chi connectivity index (χ0v) is 14.2. The summed E-state index contributed by atoms with van der Waals surface area (Å²) < 4.78 is 12.3. The van der Waals surface area contributed by atoms with E-state index in [2.05, 4.69) is 40.3 Å². The number of hydrogen-bond acceptors (Lipinski definition) is 3. The van der Waals surface area contributed by atoms with E-state index in [0.717, 1.165) is 33.6 Å². The molecule has 1 N–H and O–H groups in total. The van der Waals surface area contributed by atoms with Crippen LogP contribution in [0.3, 0.4) is 0 Å². The summed E-state index contributed by atoms with van der Waals surface area (Å²) in [5.41, 5.74) is 3.46. The van der Waals surface area contributed by atoms with Gasteiger partial charge in [-0.2, -0.15) is 0 Å². The fourth-order valence-electron chi connectivity index (χ4n) is 2.12. The molecule has 0 aromatic heterocycles. The molecule has 2 aromatic rings. The molecule has 0 heterocycles. The van der Waals surface area contributed by atoms with Crippen molar-refractivity contribution in [3.63, 3.8) is 0 Å².